The van der Waals surface area contributed by atoms with Gasteiger partial charge in [0.25, 0.3) is 0 Å². The molecule has 0 atom stereocenters. The van der Waals surface area contributed by atoms with E-state index < -0.39 is 9.84 Å². The molecule has 0 unspecified atom stereocenters. The summed E-state index contributed by atoms with van der Waals surface area (Å²) in [6, 6.07) is 5.41. The van der Waals surface area contributed by atoms with Crippen LogP contribution in [0.15, 0.2) is 23.1 Å². The zero-order valence-corrected chi connectivity index (χ0v) is 14.1. The third kappa shape index (κ3) is 3.77. The van der Waals surface area contributed by atoms with E-state index in [0.29, 0.717) is 11.4 Å². The SMILES string of the molecule is CS(=O)(=O)c1cccc(CCC2CCCCC2)c1-c1nnn[nH]1. The zero-order valence-electron chi connectivity index (χ0n) is 13.3. The first-order valence-electron chi connectivity index (χ1n) is 8.12. The number of H-pyrrole nitrogens is 1. The second kappa shape index (κ2) is 6.78. The first-order chi connectivity index (χ1) is 11.1. The molecular weight excluding hydrogens is 312 g/mol. The molecule has 7 heteroatoms. The predicted octanol–water partition coefficient (Wildman–Crippen LogP) is 2.78. The summed E-state index contributed by atoms with van der Waals surface area (Å²) in [6.07, 6.45) is 9.69. The van der Waals surface area contributed by atoms with Crippen LogP contribution in [-0.4, -0.2) is 35.3 Å². The normalized spacial score (nSPS) is 16.6. The highest BCUT2D eigenvalue weighted by Crippen LogP contribution is 2.32. The van der Waals surface area contributed by atoms with Gasteiger partial charge in [-0.15, -0.1) is 5.10 Å². The molecule has 1 N–H and O–H groups in total. The van der Waals surface area contributed by atoms with E-state index >= 15 is 0 Å². The van der Waals surface area contributed by atoms with Gasteiger partial charge in [0.2, 0.25) is 0 Å². The van der Waals surface area contributed by atoms with Gasteiger partial charge in [-0.05, 0) is 40.8 Å². The van der Waals surface area contributed by atoms with E-state index in [4.69, 9.17) is 0 Å². The zero-order chi connectivity index (χ0) is 16.3. The van der Waals surface area contributed by atoms with Crippen LogP contribution in [0.25, 0.3) is 11.4 Å². The molecule has 1 heterocycles. The molecule has 0 aliphatic heterocycles. The highest BCUT2D eigenvalue weighted by molar-refractivity contribution is 7.90. The van der Waals surface area contributed by atoms with Gasteiger partial charge in [0.15, 0.2) is 15.7 Å². The summed E-state index contributed by atoms with van der Waals surface area (Å²) in [6.45, 7) is 0. The minimum Gasteiger partial charge on any atom is -0.239 e. The Morgan fingerprint density at radius 3 is 2.65 bits per heavy atom. The molecule has 3 rings (SSSR count). The van der Waals surface area contributed by atoms with Gasteiger partial charge in [-0.25, -0.2) is 13.5 Å². The van der Waals surface area contributed by atoms with E-state index in [1.54, 1.807) is 12.1 Å². The van der Waals surface area contributed by atoms with Crippen molar-refractivity contribution in [2.24, 2.45) is 5.92 Å². The average molecular weight is 334 g/mol. The number of benzene rings is 1. The number of aromatic amines is 1. The van der Waals surface area contributed by atoms with Gasteiger partial charge in [0.05, 0.1) is 4.90 Å². The van der Waals surface area contributed by atoms with E-state index in [0.717, 1.165) is 24.3 Å². The number of hydrogen-bond donors (Lipinski definition) is 1. The third-order valence-electron chi connectivity index (χ3n) is 4.64. The van der Waals surface area contributed by atoms with Gasteiger partial charge >= 0.3 is 0 Å². The average Bonchev–Trinajstić information content (AvgIpc) is 3.07. The summed E-state index contributed by atoms with van der Waals surface area (Å²) in [5.74, 6) is 1.16. The van der Waals surface area contributed by atoms with E-state index in [1.807, 2.05) is 6.07 Å². The number of aryl methyl sites for hydroxylation is 1. The van der Waals surface area contributed by atoms with E-state index in [-0.39, 0.29) is 4.90 Å². The fraction of sp³-hybridized carbons (Fsp3) is 0.562. The lowest BCUT2D eigenvalue weighted by Crippen LogP contribution is -2.09. The number of aromatic nitrogens is 4. The van der Waals surface area contributed by atoms with Gasteiger partial charge in [0.1, 0.15) is 0 Å². The quantitative estimate of drug-likeness (QED) is 0.908. The number of nitrogens with zero attached hydrogens (tertiary/aromatic N) is 3. The highest BCUT2D eigenvalue weighted by atomic mass is 32.2. The van der Waals surface area contributed by atoms with Crippen LogP contribution in [0.1, 0.15) is 44.1 Å². The van der Waals surface area contributed by atoms with Crippen molar-refractivity contribution in [1.82, 2.24) is 20.6 Å². The van der Waals surface area contributed by atoms with Gasteiger partial charge < -0.3 is 0 Å². The van der Waals surface area contributed by atoms with Gasteiger partial charge in [-0.2, -0.15) is 0 Å². The molecule has 124 valence electrons. The summed E-state index contributed by atoms with van der Waals surface area (Å²) < 4.78 is 24.2. The van der Waals surface area contributed by atoms with E-state index in [1.165, 1.54) is 38.4 Å². The monoisotopic (exact) mass is 334 g/mol. The van der Waals surface area contributed by atoms with Gasteiger partial charge in [0, 0.05) is 11.8 Å². The molecule has 0 radical (unpaired) electrons. The summed E-state index contributed by atoms with van der Waals surface area (Å²) in [7, 11) is -3.34. The van der Waals surface area contributed by atoms with Gasteiger partial charge in [-0.3, -0.25) is 0 Å². The Morgan fingerprint density at radius 1 is 1.22 bits per heavy atom. The van der Waals surface area contributed by atoms with E-state index in [9.17, 15) is 8.42 Å². The maximum atomic E-state index is 12.1. The topological polar surface area (TPSA) is 88.6 Å². The van der Waals surface area contributed by atoms with Crippen molar-refractivity contribution in [2.75, 3.05) is 6.26 Å². The molecule has 23 heavy (non-hydrogen) atoms. The predicted molar refractivity (Wildman–Crippen MR) is 87.6 cm³/mol. The molecule has 1 aromatic heterocycles. The summed E-state index contributed by atoms with van der Waals surface area (Å²) in [5.41, 5.74) is 1.62. The number of nitrogens with one attached hydrogen (secondary N) is 1. The second-order valence-corrected chi connectivity index (χ2v) is 8.34. The Hall–Kier alpha value is -1.76. The molecule has 0 bridgehead atoms. The molecule has 1 aromatic carbocycles. The number of hydrogen-bond acceptors (Lipinski definition) is 5. The summed E-state index contributed by atoms with van der Waals surface area (Å²) in [4.78, 5) is 0.289. The molecule has 1 aliphatic carbocycles. The summed E-state index contributed by atoms with van der Waals surface area (Å²) in [5, 5.41) is 13.8. The molecular formula is C16H22N4O2S. The van der Waals surface area contributed by atoms with Crippen LogP contribution in [0.4, 0.5) is 0 Å². The van der Waals surface area contributed by atoms with Crippen molar-refractivity contribution in [3.05, 3.63) is 23.8 Å². The molecule has 1 saturated carbocycles. The van der Waals surface area contributed by atoms with Crippen molar-refractivity contribution in [2.45, 2.75) is 49.8 Å². The fourth-order valence-corrected chi connectivity index (χ4v) is 4.39. The van der Waals surface area contributed by atoms with Crippen molar-refractivity contribution in [3.8, 4) is 11.4 Å². The van der Waals surface area contributed by atoms with Crippen molar-refractivity contribution < 1.29 is 8.42 Å². The Kier molecular flexibility index (Phi) is 4.75. The standard InChI is InChI=1S/C16H22N4O2S/c1-23(21,22)14-9-5-8-13(15(14)16-17-19-20-18-16)11-10-12-6-3-2-4-7-12/h5,8-9,12H,2-4,6-7,10-11H2,1H3,(H,17,18,19,20). The molecule has 2 aromatic rings. The van der Waals surface area contributed by atoms with Crippen LogP contribution in [0.3, 0.4) is 0 Å². The smallest absolute Gasteiger partial charge is 0.181 e. The lowest BCUT2D eigenvalue weighted by molar-refractivity contribution is 0.339. The Bertz CT molecular complexity index is 750. The first kappa shape index (κ1) is 16.1. The van der Waals surface area contributed by atoms with Crippen LogP contribution in [-0.2, 0) is 16.3 Å². The van der Waals surface area contributed by atoms with Crippen molar-refractivity contribution >= 4 is 9.84 Å². The molecule has 0 spiro atoms. The number of sulfone groups is 1. The second-order valence-electron chi connectivity index (χ2n) is 6.36. The Labute approximate surface area is 136 Å². The first-order valence-corrected chi connectivity index (χ1v) is 10.0. The molecule has 0 amide bonds. The maximum Gasteiger partial charge on any atom is 0.181 e. The third-order valence-corrected chi connectivity index (χ3v) is 5.78. The number of tetrazole rings is 1. The van der Waals surface area contributed by atoms with Crippen LogP contribution in [0, 0.1) is 5.92 Å². The van der Waals surface area contributed by atoms with Crippen LogP contribution >= 0.6 is 0 Å². The van der Waals surface area contributed by atoms with Crippen LogP contribution in [0.2, 0.25) is 0 Å². The minimum atomic E-state index is -3.34. The maximum absolute atomic E-state index is 12.1. The molecule has 1 aliphatic rings. The Balaban J connectivity index is 1.93. The summed E-state index contributed by atoms with van der Waals surface area (Å²) >= 11 is 0. The fourth-order valence-electron chi connectivity index (χ4n) is 3.46. The van der Waals surface area contributed by atoms with E-state index in [2.05, 4.69) is 20.6 Å². The number of rotatable bonds is 5. The Morgan fingerprint density at radius 2 is 2.00 bits per heavy atom. The van der Waals surface area contributed by atoms with Crippen molar-refractivity contribution in [1.29, 1.82) is 0 Å². The van der Waals surface area contributed by atoms with Gasteiger partial charge in [-0.1, -0.05) is 44.2 Å². The van der Waals surface area contributed by atoms with Crippen LogP contribution < -0.4 is 0 Å². The largest absolute Gasteiger partial charge is 0.239 e. The van der Waals surface area contributed by atoms with Crippen molar-refractivity contribution in [3.63, 3.8) is 0 Å². The molecule has 0 saturated heterocycles. The lowest BCUT2D eigenvalue weighted by atomic mass is 9.84. The lowest BCUT2D eigenvalue weighted by Gasteiger charge is -2.22. The van der Waals surface area contributed by atoms with Crippen LogP contribution in [0.5, 0.6) is 0 Å². The minimum absolute atomic E-state index is 0.289. The molecule has 6 nitrogen and oxygen atoms in total. The highest BCUT2D eigenvalue weighted by Gasteiger charge is 2.21. The molecule has 1 fully saturated rings.